The molecule has 0 aromatic heterocycles. The van der Waals surface area contributed by atoms with Gasteiger partial charge in [-0.25, -0.2) is 0 Å². The molecule has 1 heterocycles. The molecule has 2 aromatic rings. The van der Waals surface area contributed by atoms with Crippen molar-refractivity contribution >= 4 is 17.5 Å². The van der Waals surface area contributed by atoms with Crippen LogP contribution < -0.4 is 20.7 Å². The number of nitrogens with one attached hydrogen (secondary N) is 3. The molecule has 0 radical (unpaired) electrons. The van der Waals surface area contributed by atoms with Gasteiger partial charge in [-0.1, -0.05) is 30.3 Å². The Labute approximate surface area is 159 Å². The van der Waals surface area contributed by atoms with Crippen molar-refractivity contribution in [2.24, 2.45) is 0 Å². The van der Waals surface area contributed by atoms with Gasteiger partial charge in [0, 0.05) is 6.54 Å². The number of fused-ring (bicyclic) bond motifs is 1. The van der Waals surface area contributed by atoms with E-state index in [2.05, 4.69) is 22.0 Å². The predicted molar refractivity (Wildman–Crippen MR) is 105 cm³/mol. The summed E-state index contributed by atoms with van der Waals surface area (Å²) in [6.07, 6.45) is 0.613. The Balaban J connectivity index is 1.60. The van der Waals surface area contributed by atoms with E-state index in [1.54, 1.807) is 20.1 Å². The van der Waals surface area contributed by atoms with Crippen LogP contribution in [0, 0.1) is 6.92 Å². The van der Waals surface area contributed by atoms with Crippen LogP contribution in [0.25, 0.3) is 0 Å². The molecule has 6 nitrogen and oxygen atoms in total. The van der Waals surface area contributed by atoms with E-state index in [-0.39, 0.29) is 17.9 Å². The maximum atomic E-state index is 12.6. The van der Waals surface area contributed by atoms with Gasteiger partial charge in [0.1, 0.15) is 11.8 Å². The van der Waals surface area contributed by atoms with Gasteiger partial charge < -0.3 is 20.7 Å². The molecule has 1 aliphatic heterocycles. The Morgan fingerprint density at radius 1 is 1.19 bits per heavy atom. The Morgan fingerprint density at radius 3 is 2.67 bits per heavy atom. The number of hydrogen-bond donors (Lipinski definition) is 3. The molecule has 0 fully saturated rings. The maximum absolute atomic E-state index is 12.6. The fourth-order valence-corrected chi connectivity index (χ4v) is 3.18. The quantitative estimate of drug-likeness (QED) is 0.757. The zero-order valence-electron chi connectivity index (χ0n) is 15.8. The number of benzene rings is 2. The normalized spacial score (nSPS) is 16.8. The summed E-state index contributed by atoms with van der Waals surface area (Å²) in [5.41, 5.74) is 3.97. The Bertz CT molecular complexity index is 850. The van der Waals surface area contributed by atoms with E-state index in [1.807, 2.05) is 37.3 Å². The lowest BCUT2D eigenvalue weighted by molar-refractivity contribution is -0.127. The van der Waals surface area contributed by atoms with Crippen molar-refractivity contribution in [2.75, 3.05) is 12.4 Å². The third-order valence-electron chi connectivity index (χ3n) is 4.76. The van der Waals surface area contributed by atoms with E-state index in [9.17, 15) is 9.59 Å². The predicted octanol–water partition coefficient (Wildman–Crippen LogP) is 2.16. The molecule has 3 N–H and O–H groups in total. The summed E-state index contributed by atoms with van der Waals surface area (Å²) in [6.45, 7) is 4.26. The molecule has 2 aromatic carbocycles. The van der Waals surface area contributed by atoms with Gasteiger partial charge in [-0.15, -0.1) is 0 Å². The highest BCUT2D eigenvalue weighted by molar-refractivity contribution is 5.98. The lowest BCUT2D eigenvalue weighted by atomic mass is 9.95. The molecule has 6 heteroatoms. The second-order valence-corrected chi connectivity index (χ2v) is 6.83. The zero-order valence-corrected chi connectivity index (χ0v) is 15.8. The molecule has 0 saturated carbocycles. The van der Waals surface area contributed by atoms with Gasteiger partial charge in [0.25, 0.3) is 0 Å². The number of carbonyl (C=O) groups is 2. The molecule has 0 spiro atoms. The standard InChI is InChI=1S/C21H25N3O3/c1-13-8-9-19(27-3)17(10-13)24-20(25)14(2)23-21(26)18-11-15-6-4-5-7-16(15)12-22-18/h4-10,14,18,22H,11-12H2,1-3H3,(H,23,26)(H,24,25)/t14-,18-/m0/s1. The summed E-state index contributed by atoms with van der Waals surface area (Å²) in [5, 5.41) is 8.86. The minimum atomic E-state index is -0.665. The number of anilines is 1. The van der Waals surface area contributed by atoms with Crippen molar-refractivity contribution in [1.82, 2.24) is 10.6 Å². The van der Waals surface area contributed by atoms with Crippen LogP contribution in [0.3, 0.4) is 0 Å². The molecule has 3 rings (SSSR count). The zero-order chi connectivity index (χ0) is 19.4. The van der Waals surface area contributed by atoms with Crippen molar-refractivity contribution in [3.8, 4) is 5.75 Å². The van der Waals surface area contributed by atoms with E-state index >= 15 is 0 Å². The topological polar surface area (TPSA) is 79.5 Å². The molecule has 27 heavy (non-hydrogen) atoms. The molecule has 2 amide bonds. The monoisotopic (exact) mass is 367 g/mol. The van der Waals surface area contributed by atoms with Gasteiger partial charge in [0.2, 0.25) is 11.8 Å². The van der Waals surface area contributed by atoms with Gasteiger partial charge in [0.05, 0.1) is 18.8 Å². The average Bonchev–Trinajstić information content (AvgIpc) is 2.67. The Morgan fingerprint density at radius 2 is 1.93 bits per heavy atom. The van der Waals surface area contributed by atoms with E-state index in [1.165, 1.54) is 5.56 Å². The minimum absolute atomic E-state index is 0.177. The summed E-state index contributed by atoms with van der Waals surface area (Å²) in [4.78, 5) is 25.1. The third kappa shape index (κ3) is 4.46. The van der Waals surface area contributed by atoms with Crippen LogP contribution in [-0.4, -0.2) is 31.0 Å². The van der Waals surface area contributed by atoms with E-state index < -0.39 is 6.04 Å². The van der Waals surface area contributed by atoms with Crippen molar-refractivity contribution in [3.63, 3.8) is 0 Å². The number of ether oxygens (including phenoxy) is 1. The van der Waals surface area contributed by atoms with Crippen LogP contribution in [0.2, 0.25) is 0 Å². The molecule has 0 unspecified atom stereocenters. The van der Waals surface area contributed by atoms with Crippen molar-refractivity contribution in [1.29, 1.82) is 0 Å². The lowest BCUT2D eigenvalue weighted by Crippen LogP contribution is -2.52. The molecule has 142 valence electrons. The lowest BCUT2D eigenvalue weighted by Gasteiger charge is -2.26. The Kier molecular flexibility index (Phi) is 5.76. The second kappa shape index (κ2) is 8.22. The molecule has 2 atom stereocenters. The first-order valence-electron chi connectivity index (χ1n) is 9.04. The van der Waals surface area contributed by atoms with Gasteiger partial charge >= 0.3 is 0 Å². The molecule has 0 aliphatic carbocycles. The SMILES string of the molecule is COc1ccc(C)cc1NC(=O)[C@H](C)NC(=O)[C@@H]1Cc2ccccc2CN1. The van der Waals surface area contributed by atoms with Crippen LogP contribution >= 0.6 is 0 Å². The van der Waals surface area contributed by atoms with Crippen LogP contribution in [0.4, 0.5) is 5.69 Å². The Hall–Kier alpha value is -2.86. The fraction of sp³-hybridized carbons (Fsp3) is 0.333. The number of rotatable bonds is 5. The van der Waals surface area contributed by atoms with Gasteiger partial charge in [-0.2, -0.15) is 0 Å². The van der Waals surface area contributed by atoms with Crippen LogP contribution in [0.15, 0.2) is 42.5 Å². The molecule has 1 aliphatic rings. The fourth-order valence-electron chi connectivity index (χ4n) is 3.18. The first kappa shape index (κ1) is 18.9. The van der Waals surface area contributed by atoms with Crippen molar-refractivity contribution < 1.29 is 14.3 Å². The average molecular weight is 367 g/mol. The summed E-state index contributed by atoms with van der Waals surface area (Å²) < 4.78 is 5.28. The number of carbonyl (C=O) groups excluding carboxylic acids is 2. The van der Waals surface area contributed by atoms with Gasteiger partial charge in [-0.05, 0) is 49.1 Å². The van der Waals surface area contributed by atoms with Crippen molar-refractivity contribution in [2.45, 2.75) is 38.9 Å². The highest BCUT2D eigenvalue weighted by atomic mass is 16.5. The summed E-state index contributed by atoms with van der Waals surface area (Å²) in [7, 11) is 1.55. The van der Waals surface area contributed by atoms with Crippen LogP contribution in [-0.2, 0) is 22.6 Å². The minimum Gasteiger partial charge on any atom is -0.495 e. The first-order valence-corrected chi connectivity index (χ1v) is 9.04. The largest absolute Gasteiger partial charge is 0.495 e. The van der Waals surface area contributed by atoms with Gasteiger partial charge in [-0.3, -0.25) is 9.59 Å². The molecular weight excluding hydrogens is 342 g/mol. The van der Waals surface area contributed by atoms with Crippen LogP contribution in [0.1, 0.15) is 23.6 Å². The maximum Gasteiger partial charge on any atom is 0.246 e. The smallest absolute Gasteiger partial charge is 0.246 e. The number of aryl methyl sites for hydroxylation is 1. The summed E-state index contributed by atoms with van der Waals surface area (Å²) in [6, 6.07) is 12.6. The van der Waals surface area contributed by atoms with E-state index in [0.29, 0.717) is 24.4 Å². The van der Waals surface area contributed by atoms with E-state index in [4.69, 9.17) is 4.74 Å². The molecule has 0 bridgehead atoms. The van der Waals surface area contributed by atoms with Crippen molar-refractivity contribution in [3.05, 3.63) is 59.2 Å². The van der Waals surface area contributed by atoms with Gasteiger partial charge in [0.15, 0.2) is 0 Å². The third-order valence-corrected chi connectivity index (χ3v) is 4.76. The second-order valence-electron chi connectivity index (χ2n) is 6.83. The molecular formula is C21H25N3O3. The molecule has 0 saturated heterocycles. The summed E-state index contributed by atoms with van der Waals surface area (Å²) >= 11 is 0. The number of methoxy groups -OCH3 is 1. The van der Waals surface area contributed by atoms with E-state index in [0.717, 1.165) is 11.1 Å². The summed E-state index contributed by atoms with van der Waals surface area (Å²) in [5.74, 6) is 0.116. The van der Waals surface area contributed by atoms with Crippen LogP contribution in [0.5, 0.6) is 5.75 Å². The highest BCUT2D eigenvalue weighted by Gasteiger charge is 2.26. The number of amides is 2. The highest BCUT2D eigenvalue weighted by Crippen LogP contribution is 2.25. The first-order chi connectivity index (χ1) is 13.0. The number of hydrogen-bond acceptors (Lipinski definition) is 4.